The van der Waals surface area contributed by atoms with Crippen LogP contribution in [0.4, 0.5) is 0 Å². The lowest BCUT2D eigenvalue weighted by molar-refractivity contribution is -0.154. The Hall–Kier alpha value is -2.64. The third kappa shape index (κ3) is 5.53. The smallest absolute Gasteiger partial charge is 0.331 e. The van der Waals surface area contributed by atoms with Crippen LogP contribution in [0.15, 0.2) is 24.5 Å². The molecule has 1 saturated heterocycles. The molecular weight excluding hydrogens is 318 g/mol. The van der Waals surface area contributed by atoms with E-state index in [1.807, 2.05) is 0 Å². The van der Waals surface area contributed by atoms with Crippen LogP contribution in [0.3, 0.4) is 0 Å². The van der Waals surface area contributed by atoms with Crippen molar-refractivity contribution in [2.24, 2.45) is 5.41 Å². The molecule has 0 N–H and O–H groups in total. The summed E-state index contributed by atoms with van der Waals surface area (Å²) >= 11 is 0. The zero-order valence-electron chi connectivity index (χ0n) is 14.0. The van der Waals surface area contributed by atoms with Crippen molar-refractivity contribution in [1.29, 1.82) is 0 Å². The number of carbonyl (C=O) groups is 4. The van der Waals surface area contributed by atoms with Gasteiger partial charge >= 0.3 is 11.9 Å². The lowest BCUT2D eigenvalue weighted by Crippen LogP contribution is -2.48. The van der Waals surface area contributed by atoms with Crippen molar-refractivity contribution in [3.8, 4) is 0 Å². The number of Topliss-reactive ketones (excluding diaryl/α,β-unsaturated/α-hetero) is 1. The number of hydrogen-bond donors (Lipinski definition) is 0. The number of morpholine rings is 1. The van der Waals surface area contributed by atoms with Gasteiger partial charge in [0.15, 0.2) is 0 Å². The number of ether oxygens (including phenoxy) is 3. The van der Waals surface area contributed by atoms with E-state index >= 15 is 0 Å². The summed E-state index contributed by atoms with van der Waals surface area (Å²) in [5, 5.41) is 0. The SMILES string of the molecule is C=C1CN(C(=O)C(=O)C(C)(C)COC(=O)/C=C/C(=O)OC)CCO1. The highest BCUT2D eigenvalue weighted by molar-refractivity contribution is 6.38. The number of nitrogens with zero attached hydrogens (tertiary/aromatic N) is 1. The van der Waals surface area contributed by atoms with E-state index in [0.29, 0.717) is 12.3 Å². The van der Waals surface area contributed by atoms with Gasteiger partial charge in [0.2, 0.25) is 5.78 Å². The maximum absolute atomic E-state index is 12.4. The fourth-order valence-electron chi connectivity index (χ4n) is 1.81. The van der Waals surface area contributed by atoms with Gasteiger partial charge < -0.3 is 19.1 Å². The minimum absolute atomic E-state index is 0.155. The molecule has 1 aliphatic rings. The molecule has 1 amide bonds. The van der Waals surface area contributed by atoms with Gasteiger partial charge in [-0.2, -0.15) is 0 Å². The van der Waals surface area contributed by atoms with Crippen molar-refractivity contribution in [2.75, 3.05) is 33.4 Å². The largest absolute Gasteiger partial charge is 0.495 e. The number of amides is 1. The van der Waals surface area contributed by atoms with Crippen molar-refractivity contribution in [1.82, 2.24) is 4.90 Å². The predicted molar refractivity (Wildman–Crippen MR) is 82.6 cm³/mol. The maximum atomic E-state index is 12.4. The normalized spacial score (nSPS) is 15.0. The highest BCUT2D eigenvalue weighted by Crippen LogP contribution is 2.20. The summed E-state index contributed by atoms with van der Waals surface area (Å²) in [7, 11) is 1.17. The van der Waals surface area contributed by atoms with Crippen LogP contribution >= 0.6 is 0 Å². The lowest BCUT2D eigenvalue weighted by Gasteiger charge is -2.30. The number of esters is 2. The predicted octanol–water partition coefficient (Wildman–Crippen LogP) is 0.227. The van der Waals surface area contributed by atoms with Crippen LogP contribution in [-0.2, 0) is 33.4 Å². The van der Waals surface area contributed by atoms with Crippen LogP contribution in [0.1, 0.15) is 13.8 Å². The zero-order chi connectivity index (χ0) is 18.3. The Bertz CT molecular complexity index is 577. The topological polar surface area (TPSA) is 99.2 Å². The summed E-state index contributed by atoms with van der Waals surface area (Å²) in [5.41, 5.74) is -1.20. The number of carbonyl (C=O) groups excluding carboxylic acids is 4. The van der Waals surface area contributed by atoms with Crippen LogP contribution in [0.25, 0.3) is 0 Å². The van der Waals surface area contributed by atoms with Crippen LogP contribution < -0.4 is 0 Å². The second kappa shape index (κ2) is 8.28. The fourth-order valence-corrected chi connectivity index (χ4v) is 1.81. The van der Waals surface area contributed by atoms with Gasteiger partial charge in [0.25, 0.3) is 5.91 Å². The number of rotatable bonds is 6. The molecule has 0 aromatic heterocycles. The molecule has 0 aromatic rings. The fraction of sp³-hybridized carbons (Fsp3) is 0.500. The molecule has 8 nitrogen and oxygen atoms in total. The number of methoxy groups -OCH3 is 1. The van der Waals surface area contributed by atoms with Crippen LogP contribution in [0.2, 0.25) is 0 Å². The second-order valence-corrected chi connectivity index (χ2v) is 5.79. The summed E-state index contributed by atoms with van der Waals surface area (Å²) in [6, 6.07) is 0. The molecule has 0 aliphatic carbocycles. The van der Waals surface area contributed by atoms with Gasteiger partial charge in [-0.15, -0.1) is 0 Å². The van der Waals surface area contributed by atoms with Gasteiger partial charge in [-0.05, 0) is 13.8 Å². The van der Waals surface area contributed by atoms with Gasteiger partial charge in [0.05, 0.1) is 25.6 Å². The molecular formula is C16H21NO7. The van der Waals surface area contributed by atoms with Gasteiger partial charge in [-0.1, -0.05) is 6.58 Å². The second-order valence-electron chi connectivity index (χ2n) is 5.79. The molecule has 0 aromatic carbocycles. The van der Waals surface area contributed by atoms with Crippen LogP contribution in [0, 0.1) is 5.41 Å². The van der Waals surface area contributed by atoms with Crippen molar-refractivity contribution in [3.63, 3.8) is 0 Å². The molecule has 1 heterocycles. The minimum atomic E-state index is -1.20. The molecule has 0 saturated carbocycles. The maximum Gasteiger partial charge on any atom is 0.331 e. The summed E-state index contributed by atoms with van der Waals surface area (Å²) in [5.74, 6) is -2.45. The highest BCUT2D eigenvalue weighted by atomic mass is 16.5. The summed E-state index contributed by atoms with van der Waals surface area (Å²) < 4.78 is 14.4. The standard InChI is InChI=1S/C16H21NO7/c1-11-9-17(7-8-23-11)15(21)14(20)16(2,3)10-24-13(19)6-5-12(18)22-4/h5-6H,1,7-10H2,2-4H3/b6-5+. The molecule has 0 atom stereocenters. The molecule has 1 aliphatic heterocycles. The van der Waals surface area contributed by atoms with Gasteiger partial charge in [-0.25, -0.2) is 9.59 Å². The van der Waals surface area contributed by atoms with Crippen molar-refractivity contribution < 1.29 is 33.4 Å². The van der Waals surface area contributed by atoms with E-state index in [2.05, 4.69) is 11.3 Å². The van der Waals surface area contributed by atoms with Gasteiger partial charge in [0, 0.05) is 12.2 Å². The molecule has 0 unspecified atom stereocenters. The Morgan fingerprint density at radius 1 is 1.25 bits per heavy atom. The first kappa shape index (κ1) is 19.4. The number of ketones is 1. The lowest BCUT2D eigenvalue weighted by atomic mass is 9.88. The highest BCUT2D eigenvalue weighted by Gasteiger charge is 2.37. The zero-order valence-corrected chi connectivity index (χ0v) is 14.0. The molecule has 0 radical (unpaired) electrons. The molecule has 0 spiro atoms. The summed E-state index contributed by atoms with van der Waals surface area (Å²) in [6.45, 7) is 7.06. The summed E-state index contributed by atoms with van der Waals surface area (Å²) in [4.78, 5) is 48.3. The Labute approximate surface area is 140 Å². The Kier molecular flexibility index (Phi) is 6.69. The monoisotopic (exact) mass is 339 g/mol. The minimum Gasteiger partial charge on any atom is -0.495 e. The van der Waals surface area contributed by atoms with Crippen molar-refractivity contribution in [2.45, 2.75) is 13.8 Å². The molecule has 24 heavy (non-hydrogen) atoms. The first-order chi connectivity index (χ1) is 11.2. The molecule has 8 heteroatoms. The van der Waals surface area contributed by atoms with Crippen molar-refractivity contribution >= 4 is 23.6 Å². The van der Waals surface area contributed by atoms with Gasteiger partial charge in [-0.3, -0.25) is 9.59 Å². The van der Waals surface area contributed by atoms with E-state index in [9.17, 15) is 19.2 Å². The van der Waals surface area contributed by atoms with Gasteiger partial charge in [0.1, 0.15) is 19.0 Å². The first-order valence-corrected chi connectivity index (χ1v) is 7.24. The molecule has 1 rings (SSSR count). The average molecular weight is 339 g/mol. The first-order valence-electron chi connectivity index (χ1n) is 7.24. The quantitative estimate of drug-likeness (QED) is 0.388. The van der Waals surface area contributed by atoms with Crippen molar-refractivity contribution in [3.05, 3.63) is 24.5 Å². The van der Waals surface area contributed by atoms with E-state index in [1.165, 1.54) is 25.9 Å². The average Bonchev–Trinajstić information content (AvgIpc) is 2.56. The van der Waals surface area contributed by atoms with E-state index in [1.54, 1.807) is 0 Å². The summed E-state index contributed by atoms with van der Waals surface area (Å²) in [6.07, 6.45) is 1.79. The molecule has 0 bridgehead atoms. The van der Waals surface area contributed by atoms with E-state index in [-0.39, 0.29) is 19.8 Å². The van der Waals surface area contributed by atoms with Crippen LogP contribution in [0.5, 0.6) is 0 Å². The third-order valence-electron chi connectivity index (χ3n) is 3.26. The number of hydrogen-bond acceptors (Lipinski definition) is 7. The molecule has 132 valence electrons. The van der Waals surface area contributed by atoms with E-state index in [4.69, 9.17) is 9.47 Å². The Balaban J connectivity index is 2.60. The third-order valence-corrected chi connectivity index (χ3v) is 3.26. The Morgan fingerprint density at radius 3 is 2.46 bits per heavy atom. The molecule has 1 fully saturated rings. The van der Waals surface area contributed by atoms with Crippen LogP contribution in [-0.4, -0.2) is 61.9 Å². The Morgan fingerprint density at radius 2 is 1.88 bits per heavy atom. The van der Waals surface area contributed by atoms with E-state index in [0.717, 1.165) is 12.2 Å². The van der Waals surface area contributed by atoms with E-state index < -0.39 is 29.0 Å².